The van der Waals surface area contributed by atoms with E-state index in [-0.39, 0.29) is 17.3 Å². The Hall–Kier alpha value is -2.58. The van der Waals surface area contributed by atoms with Crippen LogP contribution in [0.25, 0.3) is 0 Å². The average molecular weight is 420 g/mol. The number of hydrogen-bond donors (Lipinski definition) is 2. The van der Waals surface area contributed by atoms with Crippen LogP contribution < -0.4 is 15.4 Å². The Balaban J connectivity index is 2.05. The van der Waals surface area contributed by atoms with Gasteiger partial charge in [0.15, 0.2) is 0 Å². The van der Waals surface area contributed by atoms with E-state index in [0.29, 0.717) is 31.1 Å². The number of hydrogen-bond acceptors (Lipinski definition) is 5. The van der Waals surface area contributed by atoms with E-state index in [0.717, 1.165) is 11.3 Å². The fourth-order valence-corrected chi connectivity index (χ4v) is 4.33. The van der Waals surface area contributed by atoms with E-state index in [1.807, 2.05) is 13.8 Å². The Kier molecular flexibility index (Phi) is 8.04. The van der Waals surface area contributed by atoms with Crippen LogP contribution >= 0.6 is 0 Å². The topological polar surface area (TPSA) is 87.7 Å². The summed E-state index contributed by atoms with van der Waals surface area (Å²) in [6.07, 6.45) is 0. The first-order valence-electron chi connectivity index (χ1n) is 9.69. The summed E-state index contributed by atoms with van der Waals surface area (Å²) in [5.41, 5.74) is 2.13. The third-order valence-electron chi connectivity index (χ3n) is 4.44. The third kappa shape index (κ3) is 5.95. The van der Waals surface area contributed by atoms with Gasteiger partial charge in [-0.15, -0.1) is 0 Å². The predicted octanol–water partition coefficient (Wildman–Crippen LogP) is 3.47. The van der Waals surface area contributed by atoms with Crippen molar-refractivity contribution in [2.24, 2.45) is 0 Å². The van der Waals surface area contributed by atoms with Crippen LogP contribution in [0.4, 0.5) is 11.4 Å². The van der Waals surface area contributed by atoms with Crippen LogP contribution in [0.2, 0.25) is 0 Å². The van der Waals surface area contributed by atoms with Crippen LogP contribution in [0.3, 0.4) is 0 Å². The molecule has 0 aliphatic carbocycles. The monoisotopic (exact) mass is 419 g/mol. The van der Waals surface area contributed by atoms with Crippen molar-refractivity contribution in [3.63, 3.8) is 0 Å². The van der Waals surface area contributed by atoms with Gasteiger partial charge in [-0.25, -0.2) is 8.42 Å². The van der Waals surface area contributed by atoms with Crippen molar-refractivity contribution in [3.05, 3.63) is 48.0 Å². The van der Waals surface area contributed by atoms with E-state index in [2.05, 4.69) is 10.6 Å². The summed E-state index contributed by atoms with van der Waals surface area (Å²) in [5, 5.41) is 5.83. The number of nitrogens with zero attached hydrogens (tertiary/aromatic N) is 1. The Morgan fingerprint density at radius 2 is 1.69 bits per heavy atom. The number of carbonyl (C=O) groups is 1. The SMILES string of the molecule is CCOc1ccc(NC(=O)CNc2cc(S(=O)(=O)N(CC)CC)ccc2C)cc1. The second-order valence-corrected chi connectivity index (χ2v) is 8.36. The molecule has 2 N–H and O–H groups in total. The molecule has 29 heavy (non-hydrogen) atoms. The van der Waals surface area contributed by atoms with E-state index >= 15 is 0 Å². The standard InChI is InChI=1S/C21H29N3O4S/c1-5-24(6-2)29(26,27)19-13-8-16(4)20(14-19)22-15-21(25)23-17-9-11-18(12-10-17)28-7-3/h8-14,22H,5-7,15H2,1-4H3,(H,23,25). The number of ether oxygens (including phenoxy) is 1. The lowest BCUT2D eigenvalue weighted by atomic mass is 10.2. The molecule has 2 rings (SSSR count). The van der Waals surface area contributed by atoms with Crippen molar-refractivity contribution < 1.29 is 17.9 Å². The number of aryl methyl sites for hydroxylation is 1. The Labute approximate surface area is 173 Å². The molecule has 0 heterocycles. The highest BCUT2D eigenvalue weighted by molar-refractivity contribution is 7.89. The van der Waals surface area contributed by atoms with Crippen molar-refractivity contribution in [2.45, 2.75) is 32.6 Å². The lowest BCUT2D eigenvalue weighted by Crippen LogP contribution is -2.30. The lowest BCUT2D eigenvalue weighted by Gasteiger charge is -2.19. The molecular weight excluding hydrogens is 390 g/mol. The minimum absolute atomic E-state index is 0.0167. The molecule has 1 amide bonds. The van der Waals surface area contributed by atoms with Gasteiger partial charge in [-0.2, -0.15) is 4.31 Å². The lowest BCUT2D eigenvalue weighted by molar-refractivity contribution is -0.114. The zero-order valence-corrected chi connectivity index (χ0v) is 18.2. The first kappa shape index (κ1) is 22.7. The van der Waals surface area contributed by atoms with Gasteiger partial charge < -0.3 is 15.4 Å². The van der Waals surface area contributed by atoms with Gasteiger partial charge in [0, 0.05) is 24.5 Å². The summed E-state index contributed by atoms with van der Waals surface area (Å²) in [5.74, 6) is 0.510. The summed E-state index contributed by atoms with van der Waals surface area (Å²) < 4.78 is 32.2. The summed E-state index contributed by atoms with van der Waals surface area (Å²) in [6.45, 7) is 8.78. The number of benzene rings is 2. The van der Waals surface area contributed by atoms with Gasteiger partial charge in [-0.1, -0.05) is 19.9 Å². The molecule has 2 aromatic carbocycles. The Bertz CT molecular complexity index is 923. The number of anilines is 2. The first-order chi connectivity index (χ1) is 13.8. The summed E-state index contributed by atoms with van der Waals surface area (Å²) in [4.78, 5) is 12.5. The molecule has 0 unspecified atom stereocenters. The maximum atomic E-state index is 12.7. The van der Waals surface area contributed by atoms with E-state index in [9.17, 15) is 13.2 Å². The molecule has 158 valence electrons. The maximum Gasteiger partial charge on any atom is 0.243 e. The Morgan fingerprint density at radius 3 is 2.28 bits per heavy atom. The second-order valence-electron chi connectivity index (χ2n) is 6.43. The number of carbonyl (C=O) groups excluding carboxylic acids is 1. The zero-order chi connectivity index (χ0) is 21.4. The normalized spacial score (nSPS) is 11.3. The first-order valence-corrected chi connectivity index (χ1v) is 11.1. The minimum Gasteiger partial charge on any atom is -0.494 e. The molecule has 0 aliphatic heterocycles. The van der Waals surface area contributed by atoms with Gasteiger partial charge in [0.2, 0.25) is 15.9 Å². The van der Waals surface area contributed by atoms with Crippen molar-refractivity contribution >= 4 is 27.3 Å². The van der Waals surface area contributed by atoms with Crippen LogP contribution in [-0.4, -0.2) is 44.9 Å². The molecular formula is C21H29N3O4S. The van der Waals surface area contributed by atoms with Gasteiger partial charge in [0.1, 0.15) is 5.75 Å². The zero-order valence-electron chi connectivity index (χ0n) is 17.4. The quantitative estimate of drug-likeness (QED) is 0.616. The minimum atomic E-state index is -3.56. The molecule has 0 saturated heterocycles. The van der Waals surface area contributed by atoms with Gasteiger partial charge in [-0.05, 0) is 55.8 Å². The predicted molar refractivity (Wildman–Crippen MR) is 116 cm³/mol. The highest BCUT2D eigenvalue weighted by atomic mass is 32.2. The molecule has 7 nitrogen and oxygen atoms in total. The Morgan fingerprint density at radius 1 is 1.03 bits per heavy atom. The van der Waals surface area contributed by atoms with E-state index in [4.69, 9.17) is 4.74 Å². The van der Waals surface area contributed by atoms with Crippen LogP contribution in [0, 0.1) is 6.92 Å². The number of nitrogens with one attached hydrogen (secondary N) is 2. The van der Waals surface area contributed by atoms with Crippen LogP contribution in [0.1, 0.15) is 26.3 Å². The number of sulfonamides is 1. The molecule has 8 heteroatoms. The van der Waals surface area contributed by atoms with Gasteiger partial charge in [0.05, 0.1) is 18.0 Å². The second kappa shape index (κ2) is 10.3. The summed E-state index contributed by atoms with van der Waals surface area (Å²) in [6, 6.07) is 12.0. The van der Waals surface area contributed by atoms with Gasteiger partial charge in [-0.3, -0.25) is 4.79 Å². The van der Waals surface area contributed by atoms with Crippen molar-refractivity contribution in [1.82, 2.24) is 4.31 Å². The van der Waals surface area contributed by atoms with Crippen molar-refractivity contribution in [2.75, 3.05) is 36.9 Å². The van der Waals surface area contributed by atoms with Gasteiger partial charge in [0.25, 0.3) is 0 Å². The summed E-state index contributed by atoms with van der Waals surface area (Å²) in [7, 11) is -3.56. The van der Waals surface area contributed by atoms with Gasteiger partial charge >= 0.3 is 0 Å². The molecule has 0 bridgehead atoms. The molecule has 0 atom stereocenters. The molecule has 0 radical (unpaired) electrons. The highest BCUT2D eigenvalue weighted by Gasteiger charge is 2.22. The molecule has 0 saturated carbocycles. The summed E-state index contributed by atoms with van der Waals surface area (Å²) >= 11 is 0. The van der Waals surface area contributed by atoms with E-state index in [1.54, 1.807) is 56.3 Å². The smallest absolute Gasteiger partial charge is 0.243 e. The number of rotatable bonds is 10. The highest BCUT2D eigenvalue weighted by Crippen LogP contribution is 2.23. The van der Waals surface area contributed by atoms with Crippen LogP contribution in [0.15, 0.2) is 47.4 Å². The maximum absolute atomic E-state index is 12.7. The fourth-order valence-electron chi connectivity index (χ4n) is 2.85. The van der Waals surface area contributed by atoms with Crippen LogP contribution in [0.5, 0.6) is 5.75 Å². The van der Waals surface area contributed by atoms with Crippen molar-refractivity contribution in [3.8, 4) is 5.75 Å². The number of amides is 1. The van der Waals surface area contributed by atoms with Crippen molar-refractivity contribution in [1.29, 1.82) is 0 Å². The van der Waals surface area contributed by atoms with E-state index < -0.39 is 10.0 Å². The fraction of sp³-hybridized carbons (Fsp3) is 0.381. The molecule has 0 aromatic heterocycles. The third-order valence-corrected chi connectivity index (χ3v) is 6.49. The van der Waals surface area contributed by atoms with E-state index in [1.165, 1.54) is 4.31 Å². The molecule has 0 spiro atoms. The average Bonchev–Trinajstić information content (AvgIpc) is 2.69. The van der Waals surface area contributed by atoms with Crippen LogP contribution in [-0.2, 0) is 14.8 Å². The largest absolute Gasteiger partial charge is 0.494 e. The molecule has 0 fully saturated rings. The molecule has 0 aliphatic rings. The molecule has 2 aromatic rings.